The van der Waals surface area contributed by atoms with Crippen LogP contribution in [0.5, 0.6) is 0 Å². The third-order valence-electron chi connectivity index (χ3n) is 4.76. The first-order valence-electron chi connectivity index (χ1n) is 7.88. The molecule has 0 amide bonds. The lowest BCUT2D eigenvalue weighted by molar-refractivity contribution is -0.131. The van der Waals surface area contributed by atoms with Crippen molar-refractivity contribution in [3.63, 3.8) is 0 Å². The summed E-state index contributed by atoms with van der Waals surface area (Å²) >= 11 is 12.0. The average Bonchev–Trinajstić information content (AvgIpc) is 3.32. The number of thiocarbonyl (C=S) groups is 1. The number of rotatable bonds is 3. The maximum atomic E-state index is 12.9. The first-order chi connectivity index (χ1) is 10.6. The van der Waals surface area contributed by atoms with E-state index in [1.807, 2.05) is 36.2 Å². The molecule has 0 bridgehead atoms. The highest BCUT2D eigenvalue weighted by Gasteiger charge is 2.47. The van der Waals surface area contributed by atoms with Gasteiger partial charge in [0.1, 0.15) is 5.54 Å². The summed E-state index contributed by atoms with van der Waals surface area (Å²) in [5, 5.41) is 4.64. The third kappa shape index (κ3) is 2.74. The fraction of sp³-hybridized carbons (Fsp3) is 0.529. The van der Waals surface area contributed by atoms with Crippen molar-refractivity contribution >= 4 is 34.7 Å². The van der Waals surface area contributed by atoms with Crippen LogP contribution in [-0.2, 0) is 10.3 Å². The van der Waals surface area contributed by atoms with Crippen molar-refractivity contribution in [3.8, 4) is 0 Å². The molecule has 3 rings (SSSR count). The van der Waals surface area contributed by atoms with E-state index in [4.69, 9.17) is 23.8 Å². The van der Waals surface area contributed by atoms with E-state index in [-0.39, 0.29) is 5.78 Å². The molecule has 0 aromatic heterocycles. The minimum Gasteiger partial charge on any atom is -0.360 e. The Labute approximate surface area is 142 Å². The third-order valence-corrected chi connectivity index (χ3v) is 5.48. The Kier molecular flexibility index (Phi) is 4.42. The molecule has 1 unspecified atom stereocenters. The first kappa shape index (κ1) is 15.8. The summed E-state index contributed by atoms with van der Waals surface area (Å²) in [6, 6.07) is 8.12. The first-order valence-corrected chi connectivity index (χ1v) is 8.67. The summed E-state index contributed by atoms with van der Waals surface area (Å²) in [5.41, 5.74) is 0.152. The molecule has 118 valence electrons. The SMILES string of the molecule is CN(C(=S)NC1CC1)C1(c2ccccc2Cl)CCCCC1=O. The summed E-state index contributed by atoms with van der Waals surface area (Å²) in [4.78, 5) is 14.9. The van der Waals surface area contributed by atoms with Crippen LogP contribution in [0, 0.1) is 0 Å². The molecule has 2 aliphatic carbocycles. The molecule has 0 spiro atoms. The van der Waals surface area contributed by atoms with E-state index in [2.05, 4.69) is 5.32 Å². The quantitative estimate of drug-likeness (QED) is 0.854. The van der Waals surface area contributed by atoms with E-state index >= 15 is 0 Å². The molecule has 0 radical (unpaired) electrons. The minimum atomic E-state index is -0.727. The van der Waals surface area contributed by atoms with Gasteiger partial charge in [-0.2, -0.15) is 0 Å². The number of halogens is 1. The largest absolute Gasteiger partial charge is 0.360 e. The van der Waals surface area contributed by atoms with Crippen LogP contribution in [-0.4, -0.2) is 28.9 Å². The van der Waals surface area contributed by atoms with Crippen LogP contribution >= 0.6 is 23.8 Å². The molecular weight excluding hydrogens is 316 g/mol. The number of carbonyl (C=O) groups is 1. The lowest BCUT2D eigenvalue weighted by Gasteiger charge is -2.45. The van der Waals surface area contributed by atoms with E-state index in [1.165, 1.54) is 0 Å². The van der Waals surface area contributed by atoms with Gasteiger partial charge in [0, 0.05) is 30.1 Å². The van der Waals surface area contributed by atoms with Gasteiger partial charge in [-0.25, -0.2) is 0 Å². The molecule has 2 aliphatic rings. The van der Waals surface area contributed by atoms with Crippen molar-refractivity contribution in [1.29, 1.82) is 0 Å². The van der Waals surface area contributed by atoms with Crippen LogP contribution in [0.1, 0.15) is 44.1 Å². The van der Waals surface area contributed by atoms with Crippen LogP contribution < -0.4 is 5.32 Å². The second-order valence-corrected chi connectivity index (χ2v) is 7.05. The standard InChI is InChI=1S/C17H21ClN2OS/c1-20(16(22)19-12-9-10-12)17(11-5-4-8-15(17)21)13-6-2-3-7-14(13)18/h2-3,6-7,12H,4-5,8-11H2,1H3,(H,19,22). The lowest BCUT2D eigenvalue weighted by Crippen LogP contribution is -2.57. The minimum absolute atomic E-state index is 0.217. The summed E-state index contributed by atoms with van der Waals surface area (Å²) in [6.07, 6.45) is 5.61. The summed E-state index contributed by atoms with van der Waals surface area (Å²) in [5.74, 6) is 0.217. The zero-order chi connectivity index (χ0) is 15.7. The van der Waals surface area contributed by atoms with Crippen molar-refractivity contribution in [3.05, 3.63) is 34.9 Å². The van der Waals surface area contributed by atoms with Crippen molar-refractivity contribution in [2.45, 2.75) is 50.1 Å². The molecule has 0 saturated heterocycles. The van der Waals surface area contributed by atoms with Gasteiger partial charge in [-0.3, -0.25) is 4.79 Å². The Morgan fingerprint density at radius 2 is 2.09 bits per heavy atom. The highest BCUT2D eigenvalue weighted by atomic mass is 35.5. The van der Waals surface area contributed by atoms with Gasteiger partial charge in [-0.1, -0.05) is 29.8 Å². The number of likely N-dealkylation sites (N-methyl/N-ethyl adjacent to an activating group) is 1. The molecule has 3 nitrogen and oxygen atoms in total. The second kappa shape index (κ2) is 6.17. The van der Waals surface area contributed by atoms with E-state index in [0.29, 0.717) is 22.6 Å². The molecule has 0 heterocycles. The highest BCUT2D eigenvalue weighted by molar-refractivity contribution is 7.80. The van der Waals surface area contributed by atoms with Crippen LogP contribution in [0.15, 0.2) is 24.3 Å². The Hall–Kier alpha value is -1.13. The Morgan fingerprint density at radius 3 is 2.73 bits per heavy atom. The van der Waals surface area contributed by atoms with Gasteiger partial charge in [0.15, 0.2) is 10.9 Å². The van der Waals surface area contributed by atoms with Gasteiger partial charge >= 0.3 is 0 Å². The average molecular weight is 337 g/mol. The second-order valence-electron chi connectivity index (χ2n) is 6.25. The number of Topliss-reactive ketones (excluding diaryl/α,β-unsaturated/α-hetero) is 1. The lowest BCUT2D eigenvalue weighted by atomic mass is 9.74. The normalized spacial score (nSPS) is 24.9. The molecule has 2 fully saturated rings. The summed E-state index contributed by atoms with van der Waals surface area (Å²) in [6.45, 7) is 0. The Bertz CT molecular complexity index is 602. The smallest absolute Gasteiger partial charge is 0.169 e. The number of nitrogens with zero attached hydrogens (tertiary/aromatic N) is 1. The number of nitrogens with one attached hydrogen (secondary N) is 1. The van der Waals surface area contributed by atoms with Gasteiger partial charge < -0.3 is 10.2 Å². The predicted octanol–water partition coefficient (Wildman–Crippen LogP) is 3.65. The fourth-order valence-corrected chi connectivity index (χ4v) is 3.92. The number of carbonyl (C=O) groups excluding carboxylic acids is 1. The molecule has 1 atom stereocenters. The molecule has 22 heavy (non-hydrogen) atoms. The zero-order valence-corrected chi connectivity index (χ0v) is 14.3. The molecule has 1 aromatic carbocycles. The number of benzene rings is 1. The zero-order valence-electron chi connectivity index (χ0n) is 12.8. The van der Waals surface area contributed by atoms with E-state index in [1.54, 1.807) is 0 Å². The monoisotopic (exact) mass is 336 g/mol. The van der Waals surface area contributed by atoms with Crippen LogP contribution in [0.25, 0.3) is 0 Å². The molecule has 1 aromatic rings. The number of hydrogen-bond donors (Lipinski definition) is 1. The van der Waals surface area contributed by atoms with Crippen molar-refractivity contribution < 1.29 is 4.79 Å². The number of hydrogen-bond acceptors (Lipinski definition) is 2. The van der Waals surface area contributed by atoms with Crippen molar-refractivity contribution in [2.75, 3.05) is 7.05 Å². The molecule has 5 heteroatoms. The van der Waals surface area contributed by atoms with Gasteiger partial charge in [0.05, 0.1) is 0 Å². The summed E-state index contributed by atoms with van der Waals surface area (Å²) < 4.78 is 0. The maximum absolute atomic E-state index is 12.9. The Morgan fingerprint density at radius 1 is 1.36 bits per heavy atom. The molecular formula is C17H21ClN2OS. The maximum Gasteiger partial charge on any atom is 0.169 e. The van der Waals surface area contributed by atoms with Gasteiger partial charge in [-0.15, -0.1) is 0 Å². The van der Waals surface area contributed by atoms with Crippen LogP contribution in [0.4, 0.5) is 0 Å². The molecule has 0 aliphatic heterocycles. The topological polar surface area (TPSA) is 32.3 Å². The van der Waals surface area contributed by atoms with Crippen LogP contribution in [0.2, 0.25) is 5.02 Å². The predicted molar refractivity (Wildman–Crippen MR) is 93.1 cm³/mol. The van der Waals surface area contributed by atoms with Crippen molar-refractivity contribution in [2.24, 2.45) is 0 Å². The van der Waals surface area contributed by atoms with Gasteiger partial charge in [-0.05, 0) is 50.4 Å². The van der Waals surface area contributed by atoms with E-state index < -0.39 is 5.54 Å². The van der Waals surface area contributed by atoms with E-state index in [0.717, 1.165) is 37.7 Å². The molecule has 2 saturated carbocycles. The highest BCUT2D eigenvalue weighted by Crippen LogP contribution is 2.42. The molecule has 1 N–H and O–H groups in total. The fourth-order valence-electron chi connectivity index (χ4n) is 3.30. The van der Waals surface area contributed by atoms with Crippen molar-refractivity contribution in [1.82, 2.24) is 10.2 Å². The summed E-state index contributed by atoms with van der Waals surface area (Å²) in [7, 11) is 1.92. The Balaban J connectivity index is 2.00. The van der Waals surface area contributed by atoms with Gasteiger partial charge in [0.25, 0.3) is 0 Å². The van der Waals surface area contributed by atoms with Crippen LogP contribution in [0.3, 0.4) is 0 Å². The van der Waals surface area contributed by atoms with E-state index in [9.17, 15) is 4.79 Å². The number of ketones is 1. The van der Waals surface area contributed by atoms with Gasteiger partial charge in [0.2, 0.25) is 0 Å².